The number of rotatable bonds is 3. The van der Waals surface area contributed by atoms with Gasteiger partial charge in [0.2, 0.25) is 0 Å². The molecule has 1 heterocycles. The SMILES string of the molecule is c1ccc2nc(NCC3CCCC3)ccc2c1. The van der Waals surface area contributed by atoms with E-state index in [0.717, 1.165) is 23.8 Å². The van der Waals surface area contributed by atoms with Crippen LogP contribution in [0.2, 0.25) is 0 Å². The number of hydrogen-bond acceptors (Lipinski definition) is 2. The summed E-state index contributed by atoms with van der Waals surface area (Å²) in [5.74, 6) is 1.86. The average molecular weight is 226 g/mol. The van der Waals surface area contributed by atoms with E-state index in [2.05, 4.69) is 40.6 Å². The summed E-state index contributed by atoms with van der Waals surface area (Å²) in [6, 6.07) is 12.5. The van der Waals surface area contributed by atoms with Crippen molar-refractivity contribution >= 4 is 16.7 Å². The van der Waals surface area contributed by atoms with E-state index in [1.54, 1.807) is 0 Å². The number of benzene rings is 1. The molecule has 0 unspecified atom stereocenters. The van der Waals surface area contributed by atoms with Crippen LogP contribution in [-0.2, 0) is 0 Å². The summed E-state index contributed by atoms with van der Waals surface area (Å²) in [5.41, 5.74) is 1.07. The molecule has 2 aromatic rings. The van der Waals surface area contributed by atoms with Gasteiger partial charge in [0, 0.05) is 11.9 Å². The number of hydrogen-bond donors (Lipinski definition) is 1. The van der Waals surface area contributed by atoms with Crippen molar-refractivity contribution in [3.05, 3.63) is 36.4 Å². The fourth-order valence-corrected chi connectivity index (χ4v) is 2.63. The zero-order chi connectivity index (χ0) is 11.5. The number of aromatic nitrogens is 1. The molecule has 1 aromatic carbocycles. The lowest BCUT2D eigenvalue weighted by atomic mass is 10.1. The van der Waals surface area contributed by atoms with Crippen LogP contribution in [-0.4, -0.2) is 11.5 Å². The Morgan fingerprint density at radius 3 is 2.76 bits per heavy atom. The van der Waals surface area contributed by atoms with Crippen LogP contribution in [0.3, 0.4) is 0 Å². The second kappa shape index (κ2) is 4.74. The fourth-order valence-electron chi connectivity index (χ4n) is 2.63. The number of anilines is 1. The summed E-state index contributed by atoms with van der Waals surface area (Å²) in [5, 5.41) is 4.67. The van der Waals surface area contributed by atoms with Gasteiger partial charge in [-0.3, -0.25) is 0 Å². The van der Waals surface area contributed by atoms with Crippen molar-refractivity contribution in [2.75, 3.05) is 11.9 Å². The number of fused-ring (bicyclic) bond motifs is 1. The predicted molar refractivity (Wildman–Crippen MR) is 72.2 cm³/mol. The lowest BCUT2D eigenvalue weighted by Crippen LogP contribution is -2.11. The Morgan fingerprint density at radius 2 is 1.88 bits per heavy atom. The molecule has 1 fully saturated rings. The molecule has 0 radical (unpaired) electrons. The Balaban J connectivity index is 1.72. The summed E-state index contributed by atoms with van der Waals surface area (Å²) in [4.78, 5) is 4.63. The third-order valence-corrected chi connectivity index (χ3v) is 3.65. The Labute approximate surface area is 102 Å². The van der Waals surface area contributed by atoms with Crippen LogP contribution in [0.4, 0.5) is 5.82 Å². The fraction of sp³-hybridized carbons (Fsp3) is 0.400. The van der Waals surface area contributed by atoms with Crippen molar-refractivity contribution in [1.29, 1.82) is 0 Å². The van der Waals surface area contributed by atoms with E-state index in [-0.39, 0.29) is 0 Å². The third-order valence-electron chi connectivity index (χ3n) is 3.65. The molecule has 0 bridgehead atoms. The minimum atomic E-state index is 0.850. The van der Waals surface area contributed by atoms with Gasteiger partial charge in [-0.15, -0.1) is 0 Å². The molecule has 0 saturated heterocycles. The van der Waals surface area contributed by atoms with Crippen LogP contribution >= 0.6 is 0 Å². The van der Waals surface area contributed by atoms with Crippen LogP contribution in [0.1, 0.15) is 25.7 Å². The number of nitrogens with one attached hydrogen (secondary N) is 1. The van der Waals surface area contributed by atoms with Gasteiger partial charge in [-0.1, -0.05) is 31.0 Å². The van der Waals surface area contributed by atoms with Gasteiger partial charge in [0.25, 0.3) is 0 Å². The number of para-hydroxylation sites is 1. The van der Waals surface area contributed by atoms with E-state index in [9.17, 15) is 0 Å². The van der Waals surface area contributed by atoms with Gasteiger partial charge in [-0.25, -0.2) is 4.98 Å². The molecule has 0 aliphatic heterocycles. The van der Waals surface area contributed by atoms with Crippen LogP contribution in [0.15, 0.2) is 36.4 Å². The van der Waals surface area contributed by atoms with E-state index in [0.29, 0.717) is 0 Å². The van der Waals surface area contributed by atoms with Gasteiger partial charge in [0.1, 0.15) is 5.82 Å². The largest absolute Gasteiger partial charge is 0.370 e. The van der Waals surface area contributed by atoms with Crippen molar-refractivity contribution in [3.63, 3.8) is 0 Å². The third kappa shape index (κ3) is 2.41. The highest BCUT2D eigenvalue weighted by molar-refractivity contribution is 5.79. The van der Waals surface area contributed by atoms with Crippen LogP contribution < -0.4 is 5.32 Å². The highest BCUT2D eigenvalue weighted by atomic mass is 15.0. The van der Waals surface area contributed by atoms with Crippen molar-refractivity contribution < 1.29 is 0 Å². The molecule has 1 aromatic heterocycles. The second-order valence-electron chi connectivity index (χ2n) is 4.92. The summed E-state index contributed by atoms with van der Waals surface area (Å²) < 4.78 is 0. The van der Waals surface area contributed by atoms with Crippen molar-refractivity contribution in [2.45, 2.75) is 25.7 Å². The van der Waals surface area contributed by atoms with Gasteiger partial charge in [-0.05, 0) is 37.0 Å². The minimum absolute atomic E-state index is 0.850. The topological polar surface area (TPSA) is 24.9 Å². The standard InChI is InChI=1S/C15H18N2/c1-2-6-12(5-1)11-16-15-10-9-13-7-3-4-8-14(13)17-15/h3-4,7-10,12H,1-2,5-6,11H2,(H,16,17). The molecule has 1 N–H and O–H groups in total. The minimum Gasteiger partial charge on any atom is -0.370 e. The van der Waals surface area contributed by atoms with Crippen LogP contribution in [0.25, 0.3) is 10.9 Å². The normalized spacial score (nSPS) is 16.5. The van der Waals surface area contributed by atoms with Crippen molar-refractivity contribution in [2.24, 2.45) is 5.92 Å². The molecule has 2 heteroatoms. The van der Waals surface area contributed by atoms with Gasteiger partial charge >= 0.3 is 0 Å². The quantitative estimate of drug-likeness (QED) is 0.860. The highest BCUT2D eigenvalue weighted by Crippen LogP contribution is 2.25. The Kier molecular flexibility index (Phi) is 2.95. The lowest BCUT2D eigenvalue weighted by molar-refractivity contribution is 0.579. The molecule has 1 aliphatic carbocycles. The first-order valence-electron chi connectivity index (χ1n) is 6.51. The number of pyridine rings is 1. The van der Waals surface area contributed by atoms with Crippen LogP contribution in [0.5, 0.6) is 0 Å². The van der Waals surface area contributed by atoms with Gasteiger partial charge in [-0.2, -0.15) is 0 Å². The molecular weight excluding hydrogens is 208 g/mol. The molecule has 0 spiro atoms. The molecule has 0 amide bonds. The van der Waals surface area contributed by atoms with Gasteiger partial charge in [0.05, 0.1) is 5.52 Å². The molecule has 1 saturated carbocycles. The molecule has 88 valence electrons. The van der Waals surface area contributed by atoms with E-state index in [1.165, 1.54) is 31.1 Å². The molecule has 0 atom stereocenters. The van der Waals surface area contributed by atoms with Crippen LogP contribution in [0, 0.1) is 5.92 Å². The molecule has 3 rings (SSSR count). The first-order valence-corrected chi connectivity index (χ1v) is 6.51. The second-order valence-corrected chi connectivity index (χ2v) is 4.92. The molecule has 17 heavy (non-hydrogen) atoms. The lowest BCUT2D eigenvalue weighted by Gasteiger charge is -2.11. The van der Waals surface area contributed by atoms with E-state index < -0.39 is 0 Å². The van der Waals surface area contributed by atoms with Crippen molar-refractivity contribution in [1.82, 2.24) is 4.98 Å². The van der Waals surface area contributed by atoms with E-state index in [4.69, 9.17) is 0 Å². The summed E-state index contributed by atoms with van der Waals surface area (Å²) in [6.07, 6.45) is 5.55. The maximum atomic E-state index is 4.63. The smallest absolute Gasteiger partial charge is 0.126 e. The number of nitrogens with zero attached hydrogens (tertiary/aromatic N) is 1. The molecular formula is C15H18N2. The maximum Gasteiger partial charge on any atom is 0.126 e. The average Bonchev–Trinajstić information content (AvgIpc) is 2.89. The first-order chi connectivity index (χ1) is 8.42. The van der Waals surface area contributed by atoms with Crippen molar-refractivity contribution in [3.8, 4) is 0 Å². The Morgan fingerprint density at radius 1 is 1.06 bits per heavy atom. The summed E-state index contributed by atoms with van der Waals surface area (Å²) >= 11 is 0. The monoisotopic (exact) mass is 226 g/mol. The first kappa shape index (κ1) is 10.6. The zero-order valence-corrected chi connectivity index (χ0v) is 10.0. The van der Waals surface area contributed by atoms with E-state index >= 15 is 0 Å². The molecule has 1 aliphatic rings. The summed E-state index contributed by atoms with van der Waals surface area (Å²) in [6.45, 7) is 1.07. The predicted octanol–water partition coefficient (Wildman–Crippen LogP) is 3.84. The zero-order valence-electron chi connectivity index (χ0n) is 10.0. The van der Waals surface area contributed by atoms with Gasteiger partial charge in [0.15, 0.2) is 0 Å². The highest BCUT2D eigenvalue weighted by Gasteiger charge is 2.14. The Bertz CT molecular complexity index is 501. The summed E-state index contributed by atoms with van der Waals surface area (Å²) in [7, 11) is 0. The maximum absolute atomic E-state index is 4.63. The molecule has 2 nitrogen and oxygen atoms in total. The van der Waals surface area contributed by atoms with Gasteiger partial charge < -0.3 is 5.32 Å². The Hall–Kier alpha value is -1.57. The van der Waals surface area contributed by atoms with E-state index in [1.807, 2.05) is 6.07 Å².